The number of nitrogens with zero attached hydrogens (tertiary/aromatic N) is 4. The minimum absolute atomic E-state index is 0.259. The average molecular weight is 479 g/mol. The van der Waals surface area contributed by atoms with Crippen molar-refractivity contribution in [2.75, 3.05) is 26.2 Å². The zero-order chi connectivity index (χ0) is 25.2. The summed E-state index contributed by atoms with van der Waals surface area (Å²) >= 11 is 0. The number of carbonyl (C=O) groups excluding carboxylic acids is 1. The lowest BCUT2D eigenvalue weighted by molar-refractivity contribution is 0.0138. The number of hydrogen-bond acceptors (Lipinski definition) is 4. The SMILES string of the molecule is CC(C)c1ccc(-c2cc(CN3CCN(C(=O)OC(C)(C)C)CC3)nn2-c2ccc(F)cc2)cc1. The zero-order valence-corrected chi connectivity index (χ0v) is 21.3. The molecule has 1 fully saturated rings. The molecule has 0 spiro atoms. The standard InChI is InChI=1S/C28H35FN4O2/c1-20(2)21-6-8-22(9-7-21)26-18-24(30-33(26)25-12-10-23(29)11-13-25)19-31-14-16-32(17-15-31)27(34)35-28(3,4)5/h6-13,18,20H,14-17,19H2,1-5H3. The van der Waals surface area contributed by atoms with Gasteiger partial charge in [-0.25, -0.2) is 13.9 Å². The summed E-state index contributed by atoms with van der Waals surface area (Å²) in [6, 6.07) is 17.1. The lowest BCUT2D eigenvalue weighted by Crippen LogP contribution is -2.49. The Hall–Kier alpha value is -3.19. The number of halogens is 1. The molecule has 4 rings (SSSR count). The average Bonchev–Trinajstić information content (AvgIpc) is 3.22. The second kappa shape index (κ2) is 10.2. The van der Waals surface area contributed by atoms with Crippen LogP contribution in [0.2, 0.25) is 0 Å². The molecule has 6 nitrogen and oxygen atoms in total. The minimum Gasteiger partial charge on any atom is -0.444 e. The fraction of sp³-hybridized carbons (Fsp3) is 0.429. The van der Waals surface area contributed by atoms with Crippen molar-refractivity contribution in [3.05, 3.63) is 71.7 Å². The maximum Gasteiger partial charge on any atom is 0.410 e. The van der Waals surface area contributed by atoms with E-state index < -0.39 is 5.60 Å². The van der Waals surface area contributed by atoms with Gasteiger partial charge < -0.3 is 9.64 Å². The smallest absolute Gasteiger partial charge is 0.410 e. The third kappa shape index (κ3) is 6.28. The molecule has 186 valence electrons. The van der Waals surface area contributed by atoms with Gasteiger partial charge in [-0.15, -0.1) is 0 Å². The summed E-state index contributed by atoms with van der Waals surface area (Å²) in [6.45, 7) is 13.4. The van der Waals surface area contributed by atoms with Crippen molar-refractivity contribution < 1.29 is 13.9 Å². The van der Waals surface area contributed by atoms with Gasteiger partial charge >= 0.3 is 6.09 Å². The third-order valence-corrected chi connectivity index (χ3v) is 6.11. The van der Waals surface area contributed by atoms with Crippen LogP contribution >= 0.6 is 0 Å². The molecule has 0 bridgehead atoms. The van der Waals surface area contributed by atoms with Crippen LogP contribution in [-0.4, -0.2) is 57.5 Å². The number of hydrogen-bond donors (Lipinski definition) is 0. The highest BCUT2D eigenvalue weighted by molar-refractivity contribution is 5.68. The number of piperazine rings is 1. The van der Waals surface area contributed by atoms with Crippen molar-refractivity contribution in [2.45, 2.75) is 52.7 Å². The van der Waals surface area contributed by atoms with E-state index in [9.17, 15) is 9.18 Å². The van der Waals surface area contributed by atoms with E-state index in [1.165, 1.54) is 17.7 Å². The van der Waals surface area contributed by atoms with Crippen molar-refractivity contribution in [1.82, 2.24) is 19.6 Å². The van der Waals surface area contributed by atoms with Gasteiger partial charge in [0.2, 0.25) is 0 Å². The van der Waals surface area contributed by atoms with Crippen LogP contribution in [0.3, 0.4) is 0 Å². The molecule has 1 saturated heterocycles. The zero-order valence-electron chi connectivity index (χ0n) is 21.3. The Bertz CT molecular complexity index is 1140. The van der Waals surface area contributed by atoms with Gasteiger partial charge in [0, 0.05) is 38.3 Å². The first kappa shape index (κ1) is 24.9. The van der Waals surface area contributed by atoms with E-state index in [-0.39, 0.29) is 11.9 Å². The number of benzene rings is 2. The molecule has 1 amide bonds. The maximum absolute atomic E-state index is 13.6. The first-order chi connectivity index (χ1) is 16.6. The Labute approximate surface area is 207 Å². The van der Waals surface area contributed by atoms with Gasteiger partial charge in [0.15, 0.2) is 0 Å². The largest absolute Gasteiger partial charge is 0.444 e. The molecule has 1 aromatic heterocycles. The summed E-state index contributed by atoms with van der Waals surface area (Å²) in [6.07, 6.45) is -0.259. The molecule has 0 aliphatic carbocycles. The topological polar surface area (TPSA) is 50.6 Å². The molecule has 0 saturated carbocycles. The van der Waals surface area contributed by atoms with Crippen LogP contribution in [0, 0.1) is 5.82 Å². The molecule has 35 heavy (non-hydrogen) atoms. The van der Waals surface area contributed by atoms with Crippen LogP contribution in [0.1, 0.15) is 51.8 Å². The first-order valence-corrected chi connectivity index (χ1v) is 12.2. The molecule has 0 unspecified atom stereocenters. The second-order valence-electron chi connectivity index (χ2n) is 10.4. The van der Waals surface area contributed by atoms with E-state index in [0.717, 1.165) is 35.7 Å². The van der Waals surface area contributed by atoms with Crippen LogP contribution in [0.4, 0.5) is 9.18 Å². The Balaban J connectivity index is 1.52. The molecule has 1 aliphatic rings. The number of carbonyl (C=O) groups is 1. The Morgan fingerprint density at radius 3 is 2.20 bits per heavy atom. The van der Waals surface area contributed by atoms with Crippen molar-refractivity contribution in [1.29, 1.82) is 0 Å². The molecule has 0 N–H and O–H groups in total. The van der Waals surface area contributed by atoms with E-state index in [1.54, 1.807) is 17.0 Å². The van der Waals surface area contributed by atoms with Crippen LogP contribution in [-0.2, 0) is 11.3 Å². The lowest BCUT2D eigenvalue weighted by atomic mass is 10.0. The maximum atomic E-state index is 13.6. The summed E-state index contributed by atoms with van der Waals surface area (Å²) in [5, 5.41) is 4.89. The predicted molar refractivity (Wildman–Crippen MR) is 136 cm³/mol. The van der Waals surface area contributed by atoms with Crippen molar-refractivity contribution in [2.24, 2.45) is 0 Å². The van der Waals surface area contributed by atoms with Gasteiger partial charge in [0.1, 0.15) is 11.4 Å². The van der Waals surface area contributed by atoms with Crippen LogP contribution in [0.15, 0.2) is 54.6 Å². The predicted octanol–water partition coefficient (Wildman–Crippen LogP) is 5.85. The number of amides is 1. The minimum atomic E-state index is -0.495. The molecule has 0 radical (unpaired) electrons. The van der Waals surface area contributed by atoms with Crippen LogP contribution in [0.25, 0.3) is 16.9 Å². The van der Waals surface area contributed by atoms with E-state index in [1.807, 2.05) is 25.5 Å². The monoisotopic (exact) mass is 478 g/mol. The highest BCUT2D eigenvalue weighted by Crippen LogP contribution is 2.27. The molecular weight excluding hydrogens is 443 g/mol. The number of rotatable bonds is 5. The van der Waals surface area contributed by atoms with E-state index in [4.69, 9.17) is 9.84 Å². The number of aromatic nitrogens is 2. The summed E-state index contributed by atoms with van der Waals surface area (Å²) in [5.41, 5.74) is 4.56. The Morgan fingerprint density at radius 2 is 1.63 bits per heavy atom. The van der Waals surface area contributed by atoms with Crippen LogP contribution in [0.5, 0.6) is 0 Å². The molecule has 3 aromatic rings. The quantitative estimate of drug-likeness (QED) is 0.461. The van der Waals surface area contributed by atoms with Gasteiger partial charge in [-0.1, -0.05) is 38.1 Å². The fourth-order valence-corrected chi connectivity index (χ4v) is 4.18. The molecule has 1 aliphatic heterocycles. The summed E-state index contributed by atoms with van der Waals surface area (Å²) < 4.78 is 21.0. The van der Waals surface area contributed by atoms with E-state index >= 15 is 0 Å². The number of ether oxygens (including phenoxy) is 1. The van der Waals surface area contributed by atoms with Crippen molar-refractivity contribution in [3.8, 4) is 16.9 Å². The summed E-state index contributed by atoms with van der Waals surface area (Å²) in [7, 11) is 0. The molecule has 0 atom stereocenters. The molecule has 2 aromatic carbocycles. The highest BCUT2D eigenvalue weighted by atomic mass is 19.1. The van der Waals surface area contributed by atoms with Crippen molar-refractivity contribution in [3.63, 3.8) is 0 Å². The van der Waals surface area contributed by atoms with Gasteiger partial charge in [-0.05, 0) is 62.6 Å². The third-order valence-electron chi connectivity index (χ3n) is 6.11. The van der Waals surface area contributed by atoms with Gasteiger partial charge in [0.05, 0.1) is 17.1 Å². The van der Waals surface area contributed by atoms with E-state index in [0.29, 0.717) is 25.6 Å². The van der Waals surface area contributed by atoms with Crippen molar-refractivity contribution >= 4 is 6.09 Å². The van der Waals surface area contributed by atoms with Gasteiger partial charge in [-0.2, -0.15) is 5.10 Å². The lowest BCUT2D eigenvalue weighted by Gasteiger charge is -2.35. The molecular formula is C28H35FN4O2. The second-order valence-corrected chi connectivity index (χ2v) is 10.4. The van der Waals surface area contributed by atoms with Gasteiger partial charge in [-0.3, -0.25) is 4.90 Å². The summed E-state index contributed by atoms with van der Waals surface area (Å²) in [5.74, 6) is 0.188. The summed E-state index contributed by atoms with van der Waals surface area (Å²) in [4.78, 5) is 16.4. The fourth-order valence-electron chi connectivity index (χ4n) is 4.18. The van der Waals surface area contributed by atoms with E-state index in [2.05, 4.69) is 49.1 Å². The molecule has 2 heterocycles. The Morgan fingerprint density at radius 1 is 1.00 bits per heavy atom. The molecule has 7 heteroatoms. The normalized spacial score (nSPS) is 15.0. The first-order valence-electron chi connectivity index (χ1n) is 12.2. The van der Waals surface area contributed by atoms with Gasteiger partial charge in [0.25, 0.3) is 0 Å². The highest BCUT2D eigenvalue weighted by Gasteiger charge is 2.26. The van der Waals surface area contributed by atoms with Crippen LogP contribution < -0.4 is 0 Å². The Kier molecular flexibility index (Phi) is 7.26.